The number of rotatable bonds is 9. The molecule has 162 valence electrons. The van der Waals surface area contributed by atoms with Crippen molar-refractivity contribution in [1.82, 2.24) is 4.90 Å². The fourth-order valence-electron chi connectivity index (χ4n) is 3.62. The molecule has 2 aromatic carbocycles. The number of methoxy groups -OCH3 is 1. The number of nitrogens with zero attached hydrogens (tertiary/aromatic N) is 1. The first-order valence-corrected chi connectivity index (χ1v) is 10.2. The summed E-state index contributed by atoms with van der Waals surface area (Å²) < 4.78 is 16.8. The zero-order valence-electron chi connectivity index (χ0n) is 17.2. The smallest absolute Gasteiger partial charge is 0.407 e. The largest absolute Gasteiger partial charge is 0.494 e. The molecular formula is C23H29NO6. The van der Waals surface area contributed by atoms with Crippen LogP contribution in [0, 0.1) is 0 Å². The first-order valence-electron chi connectivity index (χ1n) is 10.2. The number of ether oxygens (including phenoxy) is 3. The van der Waals surface area contributed by atoms with Crippen molar-refractivity contribution >= 4 is 6.09 Å². The predicted molar refractivity (Wildman–Crippen MR) is 113 cm³/mol. The topological polar surface area (TPSA) is 88.5 Å². The number of carboxylic acid groups (broad SMARTS) is 1. The third-order valence-electron chi connectivity index (χ3n) is 5.29. The molecule has 1 saturated heterocycles. The zero-order chi connectivity index (χ0) is 21.3. The van der Waals surface area contributed by atoms with Gasteiger partial charge < -0.3 is 29.3 Å². The Kier molecular flexibility index (Phi) is 7.79. The van der Waals surface area contributed by atoms with Crippen LogP contribution < -0.4 is 14.2 Å². The minimum absolute atomic E-state index is 0.0539. The number of β-amino-alcohol motifs (C(OH)–C–C–N with tert-alkyl or cyclic N) is 1. The second-order valence-corrected chi connectivity index (χ2v) is 7.32. The van der Waals surface area contributed by atoms with Crippen LogP contribution in [0.15, 0.2) is 48.5 Å². The van der Waals surface area contributed by atoms with Crippen molar-refractivity contribution in [2.24, 2.45) is 0 Å². The maximum atomic E-state index is 11.0. The molecule has 1 aliphatic heterocycles. The highest BCUT2D eigenvalue weighted by Gasteiger charge is 2.30. The van der Waals surface area contributed by atoms with E-state index >= 15 is 0 Å². The number of amides is 1. The summed E-state index contributed by atoms with van der Waals surface area (Å²) in [5.74, 6) is 2.20. The van der Waals surface area contributed by atoms with Crippen molar-refractivity contribution in [1.29, 1.82) is 0 Å². The molecule has 2 N–H and O–H groups in total. The van der Waals surface area contributed by atoms with Gasteiger partial charge in [-0.1, -0.05) is 24.3 Å². The Bertz CT molecular complexity index is 810. The lowest BCUT2D eigenvalue weighted by Gasteiger charge is -2.34. The maximum Gasteiger partial charge on any atom is 0.407 e. The second-order valence-electron chi connectivity index (χ2n) is 7.32. The average Bonchev–Trinajstić information content (AvgIpc) is 2.76. The van der Waals surface area contributed by atoms with E-state index in [9.17, 15) is 9.90 Å². The summed E-state index contributed by atoms with van der Waals surface area (Å²) in [7, 11) is 1.63. The van der Waals surface area contributed by atoms with Gasteiger partial charge in [-0.3, -0.25) is 0 Å². The van der Waals surface area contributed by atoms with E-state index in [0.717, 1.165) is 35.7 Å². The lowest BCUT2D eigenvalue weighted by Crippen LogP contribution is -2.45. The minimum atomic E-state index is -0.982. The fourth-order valence-corrected chi connectivity index (χ4v) is 3.62. The Morgan fingerprint density at radius 1 is 1.03 bits per heavy atom. The summed E-state index contributed by atoms with van der Waals surface area (Å²) >= 11 is 0. The number of unbranched alkanes of at least 4 members (excludes halogenated alkanes) is 1. The number of likely N-dealkylation sites (tertiary alicyclic amines) is 1. The molecule has 2 aromatic rings. The Morgan fingerprint density at radius 3 is 2.33 bits per heavy atom. The number of aliphatic hydroxyl groups excluding tert-OH is 1. The van der Waals surface area contributed by atoms with Crippen molar-refractivity contribution in [3.8, 4) is 17.2 Å². The Balaban J connectivity index is 1.37. The van der Waals surface area contributed by atoms with E-state index in [1.54, 1.807) is 7.11 Å². The van der Waals surface area contributed by atoms with Gasteiger partial charge in [-0.2, -0.15) is 0 Å². The number of benzene rings is 2. The summed E-state index contributed by atoms with van der Waals surface area (Å²) in [5.41, 5.74) is 1.00. The summed E-state index contributed by atoms with van der Waals surface area (Å²) in [6.07, 6.45) is 0.669. The Morgan fingerprint density at radius 2 is 1.70 bits per heavy atom. The predicted octanol–water partition coefficient (Wildman–Crippen LogP) is 3.76. The van der Waals surface area contributed by atoms with Crippen molar-refractivity contribution < 1.29 is 29.2 Å². The molecule has 0 bridgehead atoms. The molecular weight excluding hydrogens is 386 g/mol. The van der Waals surface area contributed by atoms with E-state index in [2.05, 4.69) is 0 Å². The number of hydrogen-bond acceptors (Lipinski definition) is 5. The van der Waals surface area contributed by atoms with Crippen molar-refractivity contribution in [3.05, 3.63) is 54.1 Å². The molecule has 7 nitrogen and oxygen atoms in total. The van der Waals surface area contributed by atoms with Gasteiger partial charge in [0.05, 0.1) is 33.0 Å². The lowest BCUT2D eigenvalue weighted by molar-refractivity contribution is 0.0504. The number of aliphatic hydroxyl groups is 1. The first kappa shape index (κ1) is 21.8. The number of hydrogen-bond donors (Lipinski definition) is 2. The molecule has 0 saturated carbocycles. The quantitative estimate of drug-likeness (QED) is 0.606. The van der Waals surface area contributed by atoms with Crippen molar-refractivity contribution in [3.63, 3.8) is 0 Å². The summed E-state index contributed by atoms with van der Waals surface area (Å²) in [5, 5.41) is 19.3. The molecule has 30 heavy (non-hydrogen) atoms. The van der Waals surface area contributed by atoms with E-state index in [0.29, 0.717) is 26.2 Å². The van der Waals surface area contributed by atoms with Crippen molar-refractivity contribution in [2.45, 2.75) is 31.3 Å². The van der Waals surface area contributed by atoms with Gasteiger partial charge in [-0.05, 0) is 49.1 Å². The monoisotopic (exact) mass is 415 g/mol. The molecule has 2 unspecified atom stereocenters. The summed E-state index contributed by atoms with van der Waals surface area (Å²) in [6.45, 7) is 1.77. The Labute approximate surface area is 176 Å². The molecule has 1 amide bonds. The van der Waals surface area contributed by atoms with E-state index in [-0.39, 0.29) is 12.5 Å². The average molecular weight is 415 g/mol. The van der Waals surface area contributed by atoms with Crippen LogP contribution >= 0.6 is 0 Å². The molecule has 0 radical (unpaired) electrons. The second kappa shape index (κ2) is 10.7. The number of carbonyl (C=O) groups is 1. The SMILES string of the molecule is COc1ccccc1OCCCCOc1ccc(C2CCN(C(=O)O)CC2O)cc1. The number of piperidine rings is 1. The van der Waals surface area contributed by atoms with Gasteiger partial charge >= 0.3 is 6.09 Å². The van der Waals surface area contributed by atoms with Gasteiger partial charge in [0.15, 0.2) is 11.5 Å². The van der Waals surface area contributed by atoms with E-state index in [4.69, 9.17) is 19.3 Å². The van der Waals surface area contributed by atoms with E-state index < -0.39 is 12.2 Å². The van der Waals surface area contributed by atoms with E-state index in [1.165, 1.54) is 4.90 Å². The third-order valence-corrected chi connectivity index (χ3v) is 5.29. The molecule has 1 heterocycles. The molecule has 7 heteroatoms. The van der Waals surface area contributed by atoms with Gasteiger partial charge in [0.1, 0.15) is 5.75 Å². The highest BCUT2D eigenvalue weighted by atomic mass is 16.5. The van der Waals surface area contributed by atoms with Gasteiger partial charge in [0.25, 0.3) is 0 Å². The molecule has 0 aromatic heterocycles. The van der Waals surface area contributed by atoms with Crippen LogP contribution in [0.25, 0.3) is 0 Å². The first-order chi connectivity index (χ1) is 14.6. The minimum Gasteiger partial charge on any atom is -0.494 e. The lowest BCUT2D eigenvalue weighted by atomic mass is 9.87. The zero-order valence-corrected chi connectivity index (χ0v) is 17.2. The third kappa shape index (κ3) is 5.79. The fraction of sp³-hybridized carbons (Fsp3) is 0.435. The van der Waals surface area contributed by atoms with Crippen LogP contribution in [-0.4, -0.2) is 60.7 Å². The number of para-hydroxylation sites is 2. The standard InChI is InChI=1S/C23H29NO6/c1-28-21-6-2-3-7-22(21)30-15-5-4-14-29-18-10-8-17(9-11-18)19-12-13-24(23(26)27)16-20(19)25/h2-3,6-11,19-20,25H,4-5,12-16H2,1H3,(H,26,27). The molecule has 0 spiro atoms. The summed E-state index contributed by atoms with van der Waals surface area (Å²) in [6, 6.07) is 15.3. The highest BCUT2D eigenvalue weighted by Crippen LogP contribution is 2.30. The molecule has 1 aliphatic rings. The highest BCUT2D eigenvalue weighted by molar-refractivity contribution is 5.65. The van der Waals surface area contributed by atoms with Crippen LogP contribution in [0.5, 0.6) is 17.2 Å². The van der Waals surface area contributed by atoms with E-state index in [1.807, 2.05) is 48.5 Å². The van der Waals surface area contributed by atoms with Crippen LogP contribution in [-0.2, 0) is 0 Å². The van der Waals surface area contributed by atoms with Crippen LogP contribution in [0.3, 0.4) is 0 Å². The van der Waals surface area contributed by atoms with Crippen LogP contribution in [0.1, 0.15) is 30.7 Å². The molecule has 3 rings (SSSR count). The maximum absolute atomic E-state index is 11.0. The molecule has 2 atom stereocenters. The van der Waals surface area contributed by atoms with Crippen molar-refractivity contribution in [2.75, 3.05) is 33.4 Å². The van der Waals surface area contributed by atoms with Gasteiger partial charge in [-0.15, -0.1) is 0 Å². The Hall–Kier alpha value is -2.93. The van der Waals surface area contributed by atoms with Crippen LogP contribution in [0.4, 0.5) is 4.79 Å². The van der Waals surface area contributed by atoms with Gasteiger partial charge in [-0.25, -0.2) is 4.79 Å². The summed E-state index contributed by atoms with van der Waals surface area (Å²) in [4.78, 5) is 12.3. The van der Waals surface area contributed by atoms with Gasteiger partial charge in [0.2, 0.25) is 0 Å². The molecule has 1 fully saturated rings. The van der Waals surface area contributed by atoms with Gasteiger partial charge in [0, 0.05) is 12.5 Å². The van der Waals surface area contributed by atoms with Crippen LogP contribution in [0.2, 0.25) is 0 Å². The molecule has 0 aliphatic carbocycles. The normalized spacial score (nSPS) is 18.7.